The lowest BCUT2D eigenvalue weighted by Crippen LogP contribution is -2.30. The number of carbonyl (C=O) groups excluding carboxylic acids is 3. The summed E-state index contributed by atoms with van der Waals surface area (Å²) in [5.41, 5.74) is 0. The van der Waals surface area contributed by atoms with Crippen LogP contribution in [0.15, 0.2) is 194 Å². The molecule has 0 rings (SSSR count). The summed E-state index contributed by atoms with van der Waals surface area (Å²) < 4.78 is 16.6. The molecule has 390 valence electrons. The largest absolute Gasteiger partial charge is 0.462 e. The lowest BCUT2D eigenvalue weighted by Gasteiger charge is -2.18. The molecule has 6 nitrogen and oxygen atoms in total. The van der Waals surface area contributed by atoms with Crippen LogP contribution in [-0.2, 0) is 28.6 Å². The van der Waals surface area contributed by atoms with Crippen molar-refractivity contribution in [3.05, 3.63) is 194 Å². The van der Waals surface area contributed by atoms with Gasteiger partial charge in [-0.15, -0.1) is 0 Å². The molecular weight excluding hydrogens is 877 g/mol. The summed E-state index contributed by atoms with van der Waals surface area (Å²) in [6.45, 7) is 6.10. The van der Waals surface area contributed by atoms with Crippen LogP contribution >= 0.6 is 0 Å². The van der Waals surface area contributed by atoms with Crippen molar-refractivity contribution in [2.75, 3.05) is 13.2 Å². The van der Waals surface area contributed by atoms with Crippen LogP contribution < -0.4 is 0 Å². The first-order valence-corrected chi connectivity index (χ1v) is 26.9. The number of carbonyl (C=O) groups is 3. The van der Waals surface area contributed by atoms with Crippen molar-refractivity contribution in [1.82, 2.24) is 0 Å². The second-order valence-electron chi connectivity index (χ2n) is 16.6. The molecule has 71 heavy (non-hydrogen) atoms. The molecule has 0 aliphatic heterocycles. The van der Waals surface area contributed by atoms with Gasteiger partial charge < -0.3 is 14.2 Å². The van der Waals surface area contributed by atoms with Gasteiger partial charge >= 0.3 is 17.9 Å². The second-order valence-corrected chi connectivity index (χ2v) is 16.6. The zero-order valence-electron chi connectivity index (χ0n) is 44.4. The fourth-order valence-electron chi connectivity index (χ4n) is 6.18. The number of unbranched alkanes of at least 4 members (excludes halogenated alkanes) is 2. The molecule has 6 heteroatoms. The number of ether oxygens (including phenoxy) is 3. The van der Waals surface area contributed by atoms with Crippen LogP contribution in [0.1, 0.15) is 175 Å². The van der Waals surface area contributed by atoms with E-state index in [0.717, 1.165) is 116 Å². The number of esters is 3. The van der Waals surface area contributed by atoms with Gasteiger partial charge in [-0.05, 0) is 135 Å². The van der Waals surface area contributed by atoms with E-state index in [0.29, 0.717) is 19.3 Å². The molecule has 0 aliphatic carbocycles. The van der Waals surface area contributed by atoms with Crippen LogP contribution in [0.4, 0.5) is 0 Å². The average Bonchev–Trinajstić information content (AvgIpc) is 3.37. The third kappa shape index (κ3) is 55.1. The summed E-state index contributed by atoms with van der Waals surface area (Å²) in [6, 6.07) is 0. The van der Waals surface area contributed by atoms with Crippen molar-refractivity contribution in [1.29, 1.82) is 0 Å². The first-order chi connectivity index (χ1) is 35.0. The summed E-state index contributed by atoms with van der Waals surface area (Å²) >= 11 is 0. The minimum absolute atomic E-state index is 0.165. The Kier molecular flexibility index (Phi) is 52.2. The SMILES string of the molecule is CC/C=C\C/C=C\C/C=C\C/C=C\C/C=C\C/C=C\CCC(=O)OCC(COC(=O)CCC/C=C\C/C=C\C/C=C\C/C=C\C/C=C\CC)OC(=O)CCC/C=C\C/C=C\C/C=C\C/C=C\C/C=C\CC. The minimum Gasteiger partial charge on any atom is -0.462 e. The van der Waals surface area contributed by atoms with Crippen LogP contribution in [0.3, 0.4) is 0 Å². The van der Waals surface area contributed by atoms with E-state index < -0.39 is 18.0 Å². The molecular formula is C65H94O6. The molecule has 1 unspecified atom stereocenters. The van der Waals surface area contributed by atoms with Gasteiger partial charge in [0.15, 0.2) is 6.10 Å². The van der Waals surface area contributed by atoms with Gasteiger partial charge in [0.25, 0.3) is 0 Å². The molecule has 0 fully saturated rings. The van der Waals surface area contributed by atoms with Crippen molar-refractivity contribution in [3.63, 3.8) is 0 Å². The van der Waals surface area contributed by atoms with E-state index in [2.05, 4.69) is 203 Å². The summed E-state index contributed by atoms with van der Waals surface area (Å²) in [7, 11) is 0. The Hall–Kier alpha value is -5.75. The molecule has 0 heterocycles. The van der Waals surface area contributed by atoms with Gasteiger partial charge in [-0.2, -0.15) is 0 Å². The number of hydrogen-bond acceptors (Lipinski definition) is 6. The molecule has 0 bridgehead atoms. The van der Waals surface area contributed by atoms with Gasteiger partial charge in [-0.1, -0.05) is 215 Å². The molecule has 0 aromatic rings. The zero-order chi connectivity index (χ0) is 51.4. The van der Waals surface area contributed by atoms with Crippen LogP contribution in [-0.4, -0.2) is 37.2 Å². The standard InChI is InChI=1S/C65H94O6/c1-4-7-10-13-16-19-22-25-28-31-32-35-37-40-43-46-49-52-55-58-64(67)70-61-62(71-65(68)59-56-53-50-47-44-41-38-34-30-27-24-21-18-15-12-9-6-3)60-69-63(66)57-54-51-48-45-42-39-36-33-29-26-23-20-17-14-11-8-5-2/h7-12,16-21,25-30,32,35-36,38-41,43,45,47-50,52,62H,4-6,13-15,22-24,31,33-34,37,42,44,46,51,53-61H2,1-3H3/b10-7-,11-8-,12-9-,19-16-,20-17-,21-18-,28-25-,29-26-,30-27-,35-32-,39-36-,41-38-,43-40-,48-45-,50-47-,52-49-. The van der Waals surface area contributed by atoms with Crippen LogP contribution in [0.2, 0.25) is 0 Å². The van der Waals surface area contributed by atoms with Crippen molar-refractivity contribution in [2.24, 2.45) is 0 Å². The monoisotopic (exact) mass is 971 g/mol. The molecule has 0 aliphatic rings. The van der Waals surface area contributed by atoms with Gasteiger partial charge in [0.2, 0.25) is 0 Å². The van der Waals surface area contributed by atoms with Crippen molar-refractivity contribution >= 4 is 17.9 Å². The Bertz CT molecular complexity index is 1780. The van der Waals surface area contributed by atoms with Crippen LogP contribution in [0, 0.1) is 0 Å². The quantitative estimate of drug-likeness (QED) is 0.0262. The molecule has 0 spiro atoms. The predicted octanol–water partition coefficient (Wildman–Crippen LogP) is 18.3. The number of hydrogen-bond donors (Lipinski definition) is 0. The Balaban J connectivity index is 4.73. The summed E-state index contributed by atoms with van der Waals surface area (Å²) in [6.07, 6.45) is 87.2. The molecule has 0 aromatic heterocycles. The minimum atomic E-state index is -0.874. The maximum Gasteiger partial charge on any atom is 0.306 e. The highest BCUT2D eigenvalue weighted by molar-refractivity contribution is 5.71. The van der Waals surface area contributed by atoms with Gasteiger partial charge in [-0.25, -0.2) is 0 Å². The Morgan fingerprint density at radius 2 is 0.507 bits per heavy atom. The predicted molar refractivity (Wildman–Crippen MR) is 306 cm³/mol. The summed E-state index contributed by atoms with van der Waals surface area (Å²) in [5.74, 6) is -1.18. The number of allylic oxidation sites excluding steroid dienone is 32. The Labute approximate surface area is 433 Å². The third-order valence-corrected chi connectivity index (χ3v) is 10.1. The molecule has 1 atom stereocenters. The maximum atomic E-state index is 12.8. The summed E-state index contributed by atoms with van der Waals surface area (Å²) in [5, 5.41) is 0. The molecule has 0 aromatic carbocycles. The van der Waals surface area contributed by atoms with Crippen LogP contribution in [0.25, 0.3) is 0 Å². The molecule has 0 amide bonds. The fraction of sp³-hybridized carbons (Fsp3) is 0.462. The molecule has 0 radical (unpaired) electrons. The average molecular weight is 971 g/mol. The van der Waals surface area contributed by atoms with Gasteiger partial charge in [0, 0.05) is 19.3 Å². The number of rotatable bonds is 45. The highest BCUT2D eigenvalue weighted by atomic mass is 16.6. The van der Waals surface area contributed by atoms with E-state index in [-0.39, 0.29) is 38.4 Å². The van der Waals surface area contributed by atoms with Crippen molar-refractivity contribution < 1.29 is 28.6 Å². The Morgan fingerprint density at radius 3 is 0.789 bits per heavy atom. The normalized spacial score (nSPS) is 13.7. The van der Waals surface area contributed by atoms with E-state index in [1.807, 2.05) is 12.2 Å². The first-order valence-electron chi connectivity index (χ1n) is 26.9. The van der Waals surface area contributed by atoms with E-state index >= 15 is 0 Å². The smallest absolute Gasteiger partial charge is 0.306 e. The van der Waals surface area contributed by atoms with Gasteiger partial charge in [0.05, 0.1) is 0 Å². The van der Waals surface area contributed by atoms with Crippen molar-refractivity contribution in [2.45, 2.75) is 181 Å². The third-order valence-electron chi connectivity index (χ3n) is 10.1. The lowest BCUT2D eigenvalue weighted by molar-refractivity contribution is -0.166. The lowest BCUT2D eigenvalue weighted by atomic mass is 10.2. The van der Waals surface area contributed by atoms with E-state index in [4.69, 9.17) is 14.2 Å². The van der Waals surface area contributed by atoms with Crippen LogP contribution in [0.5, 0.6) is 0 Å². The molecule has 0 saturated heterocycles. The molecule has 0 N–H and O–H groups in total. The molecule has 0 saturated carbocycles. The van der Waals surface area contributed by atoms with E-state index in [9.17, 15) is 14.4 Å². The van der Waals surface area contributed by atoms with E-state index in [1.54, 1.807) is 0 Å². The van der Waals surface area contributed by atoms with Crippen molar-refractivity contribution in [3.8, 4) is 0 Å². The maximum absolute atomic E-state index is 12.8. The Morgan fingerprint density at radius 1 is 0.282 bits per heavy atom. The second kappa shape index (κ2) is 56.8. The fourth-order valence-corrected chi connectivity index (χ4v) is 6.18. The topological polar surface area (TPSA) is 78.9 Å². The summed E-state index contributed by atoms with van der Waals surface area (Å²) in [4.78, 5) is 38.0. The highest BCUT2D eigenvalue weighted by Crippen LogP contribution is 2.08. The van der Waals surface area contributed by atoms with E-state index in [1.165, 1.54) is 0 Å². The zero-order valence-corrected chi connectivity index (χ0v) is 44.4. The van der Waals surface area contributed by atoms with Gasteiger partial charge in [0.1, 0.15) is 13.2 Å². The van der Waals surface area contributed by atoms with Gasteiger partial charge in [-0.3, -0.25) is 14.4 Å². The highest BCUT2D eigenvalue weighted by Gasteiger charge is 2.19. The first kappa shape index (κ1) is 65.2.